The molecule has 0 amide bonds. The second-order valence-electron chi connectivity index (χ2n) is 29.7. The third-order valence-electron chi connectivity index (χ3n) is 18.9. The summed E-state index contributed by atoms with van der Waals surface area (Å²) in [5.41, 5.74) is 0. The smallest absolute Gasteiger partial charge is 0.462 e. The van der Waals surface area contributed by atoms with Crippen LogP contribution < -0.4 is 0 Å². The van der Waals surface area contributed by atoms with E-state index >= 15 is 0 Å². The van der Waals surface area contributed by atoms with Crippen molar-refractivity contribution >= 4 is 39.5 Å². The Morgan fingerprint density at radius 1 is 0.304 bits per heavy atom. The molecular formula is C83H158O17P2. The molecule has 17 nitrogen and oxygen atoms in total. The van der Waals surface area contributed by atoms with E-state index in [1.54, 1.807) is 0 Å². The van der Waals surface area contributed by atoms with Crippen molar-refractivity contribution in [2.75, 3.05) is 39.6 Å². The monoisotopic (exact) mass is 1490 g/mol. The van der Waals surface area contributed by atoms with Crippen molar-refractivity contribution < 1.29 is 80.2 Å². The fraction of sp³-hybridized carbons (Fsp3) is 0.904. The van der Waals surface area contributed by atoms with Gasteiger partial charge in [0, 0.05) is 25.7 Å². The van der Waals surface area contributed by atoms with Gasteiger partial charge in [0.1, 0.15) is 19.3 Å². The van der Waals surface area contributed by atoms with Crippen molar-refractivity contribution in [2.45, 2.75) is 438 Å². The summed E-state index contributed by atoms with van der Waals surface area (Å²) < 4.78 is 68.7. The van der Waals surface area contributed by atoms with Crippen LogP contribution in [0.15, 0.2) is 24.3 Å². The van der Waals surface area contributed by atoms with Crippen LogP contribution in [0.4, 0.5) is 0 Å². The Kier molecular flexibility index (Phi) is 73.5. The molecule has 0 aliphatic carbocycles. The van der Waals surface area contributed by atoms with Crippen LogP contribution in [0.5, 0.6) is 0 Å². The number of phosphoric acid groups is 2. The van der Waals surface area contributed by atoms with Gasteiger partial charge in [0.25, 0.3) is 0 Å². The topological polar surface area (TPSA) is 237 Å². The molecule has 0 aromatic carbocycles. The number of esters is 4. The van der Waals surface area contributed by atoms with Crippen molar-refractivity contribution in [3.63, 3.8) is 0 Å². The Morgan fingerprint density at radius 2 is 0.529 bits per heavy atom. The number of hydrogen-bond acceptors (Lipinski definition) is 15. The molecule has 0 fully saturated rings. The maximum Gasteiger partial charge on any atom is 0.472 e. The molecule has 0 bridgehead atoms. The van der Waals surface area contributed by atoms with Crippen molar-refractivity contribution in [1.29, 1.82) is 0 Å². The van der Waals surface area contributed by atoms with Crippen molar-refractivity contribution in [1.82, 2.24) is 0 Å². The minimum absolute atomic E-state index is 0.0855. The molecular weight excluding hydrogens is 1330 g/mol. The van der Waals surface area contributed by atoms with Crippen LogP contribution in [-0.2, 0) is 65.4 Å². The van der Waals surface area contributed by atoms with Gasteiger partial charge in [0.15, 0.2) is 12.2 Å². The minimum atomic E-state index is -4.97. The summed E-state index contributed by atoms with van der Waals surface area (Å²) >= 11 is 0. The van der Waals surface area contributed by atoms with Gasteiger partial charge in [-0.25, -0.2) is 9.13 Å². The van der Waals surface area contributed by atoms with E-state index in [4.69, 9.17) is 37.0 Å². The summed E-state index contributed by atoms with van der Waals surface area (Å²) in [5, 5.41) is 10.6. The summed E-state index contributed by atoms with van der Waals surface area (Å²) in [7, 11) is -9.93. The first-order valence-corrected chi connectivity index (χ1v) is 45.4. The Bertz CT molecular complexity index is 2040. The zero-order chi connectivity index (χ0) is 74.8. The lowest BCUT2D eigenvalue weighted by atomic mass is 10.0. The highest BCUT2D eigenvalue weighted by molar-refractivity contribution is 7.47. The fourth-order valence-electron chi connectivity index (χ4n) is 12.4. The third-order valence-corrected chi connectivity index (χ3v) is 20.8. The number of carbonyl (C=O) groups excluding carboxylic acids is 4. The summed E-state index contributed by atoms with van der Waals surface area (Å²) in [6.07, 6.45) is 70.2. The van der Waals surface area contributed by atoms with Gasteiger partial charge in [-0.15, -0.1) is 0 Å². The number of hydrogen-bond donors (Lipinski definition) is 3. The maximum absolute atomic E-state index is 13.1. The molecule has 0 aromatic heterocycles. The van der Waals surface area contributed by atoms with E-state index in [0.717, 1.165) is 109 Å². The summed E-state index contributed by atoms with van der Waals surface area (Å²) in [5.74, 6) is -1.32. The molecule has 0 aliphatic rings. The van der Waals surface area contributed by atoms with Gasteiger partial charge in [-0.1, -0.05) is 367 Å². The zero-order valence-electron chi connectivity index (χ0n) is 66.2. The standard InChI is InChI=1S/C83H158O17P2/c1-6-9-12-15-18-21-23-25-27-30-35-38-42-47-52-57-62-67-81(86)94-73-79(100-83(88)69-64-59-54-49-44-40-36-32-29-28-31-34-37-41-46-50-55-60-65-76(4)5)75-98-102(91,92)96-71-77(84)70-95-101(89,90)97-74-78(72-93-80(85)66-61-56-51-45-20-17-14-11-8-3)99-82(87)68-63-58-53-48-43-39-33-26-24-22-19-16-13-10-7-2/h22,24,26,33,76-79,84H,6-21,23,25,27-32,34-75H2,1-5H3,(H,89,90)(H,91,92)/b24-22-,33-26-/t77-,78+,79+/m0/s1. The van der Waals surface area contributed by atoms with Crippen LogP contribution in [0, 0.1) is 5.92 Å². The third kappa shape index (κ3) is 75.8. The highest BCUT2D eigenvalue weighted by atomic mass is 31.2. The molecule has 0 heterocycles. The lowest BCUT2D eigenvalue weighted by Crippen LogP contribution is -2.30. The summed E-state index contributed by atoms with van der Waals surface area (Å²) in [6.45, 7) is 7.29. The van der Waals surface area contributed by atoms with E-state index < -0.39 is 97.5 Å². The number of aliphatic hydroxyl groups is 1. The molecule has 0 radical (unpaired) electrons. The Balaban J connectivity index is 5.24. The first kappa shape index (κ1) is 99.5. The number of ether oxygens (including phenoxy) is 4. The van der Waals surface area contributed by atoms with Gasteiger partial charge in [0.2, 0.25) is 0 Å². The van der Waals surface area contributed by atoms with Crippen LogP contribution in [0.1, 0.15) is 420 Å². The molecule has 0 aromatic rings. The van der Waals surface area contributed by atoms with Crippen LogP contribution in [-0.4, -0.2) is 96.7 Å². The summed E-state index contributed by atoms with van der Waals surface area (Å²) in [4.78, 5) is 73.0. The maximum atomic E-state index is 13.1. The van der Waals surface area contributed by atoms with E-state index in [1.165, 1.54) is 231 Å². The molecule has 5 atom stereocenters. The van der Waals surface area contributed by atoms with Gasteiger partial charge in [-0.2, -0.15) is 0 Å². The second kappa shape index (κ2) is 75.4. The van der Waals surface area contributed by atoms with Gasteiger partial charge in [0.05, 0.1) is 26.4 Å². The normalized spacial score (nSPS) is 14.0. The number of phosphoric ester groups is 2. The summed E-state index contributed by atoms with van der Waals surface area (Å²) in [6, 6.07) is 0. The van der Waals surface area contributed by atoms with Gasteiger partial charge < -0.3 is 33.8 Å². The molecule has 102 heavy (non-hydrogen) atoms. The fourth-order valence-corrected chi connectivity index (χ4v) is 14.0. The van der Waals surface area contributed by atoms with Crippen LogP contribution in [0.25, 0.3) is 0 Å². The largest absolute Gasteiger partial charge is 0.472 e. The molecule has 0 saturated carbocycles. The lowest BCUT2D eigenvalue weighted by molar-refractivity contribution is -0.161. The number of unbranched alkanes of at least 4 members (excludes halogenated alkanes) is 50. The van der Waals surface area contributed by atoms with Gasteiger partial charge in [-0.3, -0.25) is 37.3 Å². The number of carbonyl (C=O) groups is 4. The molecule has 602 valence electrons. The Hall–Kier alpha value is -2.46. The minimum Gasteiger partial charge on any atom is -0.462 e. The molecule has 2 unspecified atom stereocenters. The predicted octanol–water partition coefficient (Wildman–Crippen LogP) is 24.8. The first-order chi connectivity index (χ1) is 49.5. The average Bonchev–Trinajstić information content (AvgIpc) is 0.956. The first-order valence-electron chi connectivity index (χ1n) is 42.5. The Labute approximate surface area is 624 Å². The van der Waals surface area contributed by atoms with E-state index in [-0.39, 0.29) is 25.7 Å². The van der Waals surface area contributed by atoms with Crippen molar-refractivity contribution in [3.8, 4) is 0 Å². The highest BCUT2D eigenvalue weighted by Crippen LogP contribution is 2.45. The lowest BCUT2D eigenvalue weighted by Gasteiger charge is -2.21. The number of aliphatic hydroxyl groups excluding tert-OH is 1. The molecule has 0 spiro atoms. The predicted molar refractivity (Wildman–Crippen MR) is 418 cm³/mol. The van der Waals surface area contributed by atoms with Gasteiger partial charge >= 0.3 is 39.5 Å². The molecule has 0 rings (SSSR count). The van der Waals surface area contributed by atoms with Crippen LogP contribution >= 0.6 is 15.6 Å². The van der Waals surface area contributed by atoms with E-state index in [0.29, 0.717) is 25.7 Å². The van der Waals surface area contributed by atoms with Gasteiger partial charge in [-0.05, 0) is 57.3 Å². The van der Waals surface area contributed by atoms with Crippen molar-refractivity contribution in [2.24, 2.45) is 5.92 Å². The quantitative estimate of drug-likeness (QED) is 0.0169. The van der Waals surface area contributed by atoms with E-state index in [2.05, 4.69) is 58.9 Å². The van der Waals surface area contributed by atoms with E-state index in [9.17, 15) is 43.2 Å². The molecule has 0 saturated heterocycles. The average molecular weight is 1490 g/mol. The number of rotatable bonds is 81. The van der Waals surface area contributed by atoms with Crippen LogP contribution in [0.3, 0.4) is 0 Å². The van der Waals surface area contributed by atoms with E-state index in [1.807, 2.05) is 0 Å². The second-order valence-corrected chi connectivity index (χ2v) is 32.6. The Morgan fingerprint density at radius 3 is 0.804 bits per heavy atom. The molecule has 3 N–H and O–H groups in total. The highest BCUT2D eigenvalue weighted by Gasteiger charge is 2.30. The molecule has 19 heteroatoms. The zero-order valence-corrected chi connectivity index (χ0v) is 68.0. The van der Waals surface area contributed by atoms with Crippen molar-refractivity contribution in [3.05, 3.63) is 24.3 Å². The SMILES string of the molecule is CCCCCC/C=C\C=C/CCCCCCCC(=O)O[C@H](COC(=O)CCCCCCCCCCC)COP(=O)(O)OC[C@H](O)COP(=O)(O)OC[C@@H](COC(=O)CCCCCCCCCCCCCCCCCCC)OC(=O)CCCCCCCCCCCCCCCCCCCCC(C)C. The molecule has 0 aliphatic heterocycles. The number of allylic oxidation sites excluding steroid dienone is 4. The van der Waals surface area contributed by atoms with Crippen LogP contribution in [0.2, 0.25) is 0 Å².